The normalized spacial score (nSPS) is 13.7. The molecule has 0 unspecified atom stereocenters. The van der Waals surface area contributed by atoms with Gasteiger partial charge in [-0.2, -0.15) is 13.2 Å². The van der Waals surface area contributed by atoms with E-state index in [0.717, 1.165) is 6.07 Å². The zero-order valence-corrected chi connectivity index (χ0v) is 10.9. The molecule has 0 atom stereocenters. The van der Waals surface area contributed by atoms with Crippen molar-refractivity contribution in [2.45, 2.75) is 30.7 Å². The number of aliphatic hydroxyl groups is 1. The van der Waals surface area contributed by atoms with Crippen molar-refractivity contribution in [3.8, 4) is 0 Å². The van der Waals surface area contributed by atoms with Crippen LogP contribution in [0.15, 0.2) is 17.2 Å². The van der Waals surface area contributed by atoms with Gasteiger partial charge in [0.05, 0.1) is 5.60 Å². The fourth-order valence-corrected chi connectivity index (χ4v) is 1.84. The van der Waals surface area contributed by atoms with Crippen LogP contribution in [-0.2, 0) is 20.8 Å². The first kappa shape index (κ1) is 15.2. The van der Waals surface area contributed by atoms with Gasteiger partial charge in [0.2, 0.25) is 0 Å². The molecule has 9 heteroatoms. The van der Waals surface area contributed by atoms with E-state index < -0.39 is 31.5 Å². The first-order chi connectivity index (χ1) is 7.82. The van der Waals surface area contributed by atoms with Crippen LogP contribution in [0.4, 0.5) is 13.2 Å². The van der Waals surface area contributed by atoms with Gasteiger partial charge in [-0.3, -0.25) is 0 Å². The molecule has 18 heavy (non-hydrogen) atoms. The Morgan fingerprint density at radius 1 is 1.28 bits per heavy atom. The highest BCUT2D eigenvalue weighted by molar-refractivity contribution is 8.13. The number of halogens is 4. The van der Waals surface area contributed by atoms with Crippen LogP contribution in [0.1, 0.15) is 25.1 Å². The molecule has 0 radical (unpaired) electrons. The van der Waals surface area contributed by atoms with Crippen molar-refractivity contribution in [2.24, 2.45) is 0 Å². The van der Waals surface area contributed by atoms with E-state index in [0.29, 0.717) is 6.07 Å². The average Bonchev–Trinajstić information content (AvgIpc) is 2.13. The van der Waals surface area contributed by atoms with Crippen LogP contribution >= 0.6 is 10.7 Å². The summed E-state index contributed by atoms with van der Waals surface area (Å²) in [4.78, 5) is 2.93. The van der Waals surface area contributed by atoms with Gasteiger partial charge in [0.25, 0.3) is 9.05 Å². The van der Waals surface area contributed by atoms with Crippen LogP contribution in [-0.4, -0.2) is 18.5 Å². The molecule has 4 nitrogen and oxygen atoms in total. The Hall–Kier alpha value is -0.860. The van der Waals surface area contributed by atoms with E-state index in [4.69, 9.17) is 10.7 Å². The summed E-state index contributed by atoms with van der Waals surface area (Å²) in [6.45, 7) is 2.43. The Kier molecular flexibility index (Phi) is 3.68. The van der Waals surface area contributed by atoms with Crippen LogP contribution in [0.3, 0.4) is 0 Å². The molecule has 0 saturated heterocycles. The number of hydrogen-bond acceptors (Lipinski definition) is 4. The molecule has 1 heterocycles. The summed E-state index contributed by atoms with van der Waals surface area (Å²) >= 11 is 0. The molecule has 1 aromatic heterocycles. The second kappa shape index (κ2) is 4.36. The van der Waals surface area contributed by atoms with Gasteiger partial charge in [0.15, 0.2) is 5.03 Å². The second-order valence-electron chi connectivity index (χ2n) is 4.07. The number of hydrogen-bond donors (Lipinski definition) is 1. The van der Waals surface area contributed by atoms with Gasteiger partial charge in [-0.1, -0.05) is 0 Å². The predicted octanol–water partition coefficient (Wildman–Crippen LogP) is 2.26. The third-order valence-corrected chi connectivity index (χ3v) is 3.23. The molecular formula is C9H9ClF3NO3S. The molecule has 0 aliphatic heterocycles. The smallest absolute Gasteiger partial charge is 0.386 e. The van der Waals surface area contributed by atoms with Gasteiger partial charge >= 0.3 is 6.18 Å². The molecule has 0 aromatic carbocycles. The van der Waals surface area contributed by atoms with Crippen LogP contribution in [0.5, 0.6) is 0 Å². The summed E-state index contributed by atoms with van der Waals surface area (Å²) in [5, 5.41) is 8.69. The summed E-state index contributed by atoms with van der Waals surface area (Å²) in [6, 6.07) is 1.38. The molecule has 1 aromatic rings. The first-order valence-corrected chi connectivity index (χ1v) is 6.89. The van der Waals surface area contributed by atoms with Crippen molar-refractivity contribution in [2.75, 3.05) is 0 Å². The topological polar surface area (TPSA) is 67.3 Å². The maximum absolute atomic E-state index is 12.5. The predicted molar refractivity (Wildman–Crippen MR) is 57.5 cm³/mol. The maximum Gasteiger partial charge on any atom is 0.433 e. The average molecular weight is 304 g/mol. The molecule has 1 N–H and O–H groups in total. The van der Waals surface area contributed by atoms with Crippen molar-refractivity contribution in [3.63, 3.8) is 0 Å². The third kappa shape index (κ3) is 3.56. The fraction of sp³-hybridized carbons (Fsp3) is 0.444. The Morgan fingerprint density at radius 3 is 2.11 bits per heavy atom. The lowest BCUT2D eigenvalue weighted by atomic mass is 9.99. The van der Waals surface area contributed by atoms with Crippen molar-refractivity contribution >= 4 is 19.7 Å². The maximum atomic E-state index is 12.5. The lowest BCUT2D eigenvalue weighted by Gasteiger charge is -2.19. The van der Waals surface area contributed by atoms with E-state index in [2.05, 4.69) is 4.98 Å². The van der Waals surface area contributed by atoms with Gasteiger partial charge in [0.1, 0.15) is 5.69 Å². The van der Waals surface area contributed by atoms with E-state index in [1.807, 2.05) is 0 Å². The Balaban J connectivity index is 3.60. The molecule has 0 saturated carbocycles. The van der Waals surface area contributed by atoms with Crippen molar-refractivity contribution in [3.05, 3.63) is 23.4 Å². The van der Waals surface area contributed by atoms with Crippen molar-refractivity contribution in [1.29, 1.82) is 0 Å². The standard InChI is InChI=1S/C9H9ClF3NO3S/c1-8(2,15)5-3-6(9(11,12)13)14-7(4-5)18(10,16)17/h3-4,15H,1-2H3. The molecule has 0 spiro atoms. The molecule has 0 aliphatic carbocycles. The highest BCUT2D eigenvalue weighted by Gasteiger charge is 2.35. The molecule has 0 amide bonds. The van der Waals surface area contributed by atoms with E-state index in [-0.39, 0.29) is 5.56 Å². The minimum atomic E-state index is -4.84. The Bertz CT molecular complexity index is 531. The van der Waals surface area contributed by atoms with E-state index in [1.165, 1.54) is 13.8 Å². The minimum Gasteiger partial charge on any atom is -0.386 e. The number of alkyl halides is 3. The number of pyridine rings is 1. The monoisotopic (exact) mass is 303 g/mol. The third-order valence-electron chi connectivity index (χ3n) is 2.05. The summed E-state index contributed by atoms with van der Waals surface area (Å²) in [5.74, 6) is 0. The molecule has 0 aliphatic rings. The van der Waals surface area contributed by atoms with E-state index in [9.17, 15) is 26.7 Å². The molecule has 0 fully saturated rings. The summed E-state index contributed by atoms with van der Waals surface area (Å²) in [7, 11) is 0.545. The summed E-state index contributed by atoms with van der Waals surface area (Å²) in [5.41, 5.74) is -3.33. The zero-order chi connectivity index (χ0) is 14.4. The van der Waals surface area contributed by atoms with E-state index in [1.54, 1.807) is 0 Å². The largest absolute Gasteiger partial charge is 0.433 e. The fourth-order valence-electron chi connectivity index (χ4n) is 1.13. The van der Waals surface area contributed by atoms with Crippen molar-refractivity contribution < 1.29 is 26.7 Å². The van der Waals surface area contributed by atoms with Gasteiger partial charge < -0.3 is 5.11 Å². The van der Waals surface area contributed by atoms with Gasteiger partial charge in [-0.25, -0.2) is 13.4 Å². The summed E-state index contributed by atoms with van der Waals surface area (Å²) in [6.07, 6.45) is -4.84. The number of nitrogens with zero attached hydrogens (tertiary/aromatic N) is 1. The molecule has 102 valence electrons. The van der Waals surface area contributed by atoms with Crippen molar-refractivity contribution in [1.82, 2.24) is 4.98 Å². The van der Waals surface area contributed by atoms with Crippen LogP contribution in [0.2, 0.25) is 0 Å². The molecule has 1 rings (SSSR count). The lowest BCUT2D eigenvalue weighted by Crippen LogP contribution is -2.19. The number of aromatic nitrogens is 1. The zero-order valence-electron chi connectivity index (χ0n) is 9.29. The SMILES string of the molecule is CC(C)(O)c1cc(C(F)(F)F)nc(S(=O)(=O)Cl)c1. The second-order valence-corrected chi connectivity index (χ2v) is 6.59. The Labute approximate surface area is 106 Å². The van der Waals surface area contributed by atoms with Crippen LogP contribution in [0, 0.1) is 0 Å². The van der Waals surface area contributed by atoms with Gasteiger partial charge in [-0.15, -0.1) is 0 Å². The highest BCUT2D eigenvalue weighted by atomic mass is 35.7. The molecular weight excluding hydrogens is 295 g/mol. The van der Waals surface area contributed by atoms with E-state index >= 15 is 0 Å². The first-order valence-electron chi connectivity index (χ1n) is 4.58. The number of rotatable bonds is 2. The Morgan fingerprint density at radius 2 is 1.78 bits per heavy atom. The molecule has 0 bridgehead atoms. The highest BCUT2D eigenvalue weighted by Crippen LogP contribution is 2.32. The lowest BCUT2D eigenvalue weighted by molar-refractivity contribution is -0.141. The summed E-state index contributed by atoms with van der Waals surface area (Å²) < 4.78 is 59.7. The minimum absolute atomic E-state index is 0.246. The van der Waals surface area contributed by atoms with Crippen LogP contribution < -0.4 is 0 Å². The van der Waals surface area contributed by atoms with Gasteiger partial charge in [0, 0.05) is 10.7 Å². The quantitative estimate of drug-likeness (QED) is 0.851. The van der Waals surface area contributed by atoms with Gasteiger partial charge in [-0.05, 0) is 31.5 Å². The van der Waals surface area contributed by atoms with Crippen LogP contribution in [0.25, 0.3) is 0 Å².